The molecule has 0 spiro atoms. The smallest absolute Gasteiger partial charge is 0.286 e. The summed E-state index contributed by atoms with van der Waals surface area (Å²) in [5, 5.41) is 4.18. The Labute approximate surface area is 119 Å². The van der Waals surface area contributed by atoms with Gasteiger partial charge in [-0.2, -0.15) is 5.10 Å². The number of aromatic amines is 1. The third-order valence-electron chi connectivity index (χ3n) is 2.87. The van der Waals surface area contributed by atoms with E-state index in [2.05, 4.69) is 15.5 Å². The van der Waals surface area contributed by atoms with Gasteiger partial charge in [0.25, 0.3) is 5.56 Å². The van der Waals surface area contributed by atoms with E-state index in [0.717, 1.165) is 15.9 Å². The Kier molecular flexibility index (Phi) is 3.35. The SMILES string of the molecule is Cc1ccc(N/N=c2\sc3ccccc3[nH]c2=O)cc1. The summed E-state index contributed by atoms with van der Waals surface area (Å²) >= 11 is 1.36. The number of para-hydroxylation sites is 1. The van der Waals surface area contributed by atoms with Crippen molar-refractivity contribution in [2.75, 3.05) is 5.43 Å². The molecule has 3 rings (SSSR count). The summed E-state index contributed by atoms with van der Waals surface area (Å²) in [5.41, 5.74) is 5.59. The molecule has 0 aliphatic rings. The van der Waals surface area contributed by atoms with E-state index in [-0.39, 0.29) is 5.56 Å². The molecule has 1 heterocycles. The largest absolute Gasteiger partial charge is 0.319 e. The fourth-order valence-corrected chi connectivity index (χ4v) is 2.62. The van der Waals surface area contributed by atoms with Crippen LogP contribution in [0.2, 0.25) is 0 Å². The minimum absolute atomic E-state index is 0.187. The van der Waals surface area contributed by atoms with E-state index in [1.165, 1.54) is 16.9 Å². The summed E-state index contributed by atoms with van der Waals surface area (Å²) in [7, 11) is 0. The fourth-order valence-electron chi connectivity index (χ4n) is 1.80. The zero-order valence-corrected chi connectivity index (χ0v) is 11.7. The summed E-state index contributed by atoms with van der Waals surface area (Å²) in [6, 6.07) is 15.5. The van der Waals surface area contributed by atoms with E-state index >= 15 is 0 Å². The monoisotopic (exact) mass is 283 g/mol. The molecular weight excluding hydrogens is 270 g/mol. The maximum absolute atomic E-state index is 11.9. The highest BCUT2D eigenvalue weighted by Crippen LogP contribution is 2.11. The van der Waals surface area contributed by atoms with Crippen molar-refractivity contribution in [2.45, 2.75) is 6.92 Å². The molecule has 0 saturated carbocycles. The van der Waals surface area contributed by atoms with Gasteiger partial charge in [-0.05, 0) is 31.2 Å². The standard InChI is InChI=1S/C15H13N3OS/c1-10-6-8-11(9-7-10)17-18-15-14(19)16-12-4-2-3-5-13(12)20-15/h2-9,17H,1H3,(H,16,19)/b18-15-. The molecule has 0 amide bonds. The van der Waals surface area contributed by atoms with Gasteiger partial charge in [0, 0.05) is 0 Å². The van der Waals surface area contributed by atoms with Crippen LogP contribution in [0.3, 0.4) is 0 Å². The quantitative estimate of drug-likeness (QED) is 0.711. The molecule has 0 aliphatic heterocycles. The second-order valence-electron chi connectivity index (χ2n) is 4.45. The number of aryl methyl sites for hydroxylation is 1. The highest BCUT2D eigenvalue weighted by atomic mass is 32.1. The Hall–Kier alpha value is -2.40. The second kappa shape index (κ2) is 5.30. The highest BCUT2D eigenvalue weighted by Gasteiger charge is 1.98. The first-order valence-electron chi connectivity index (χ1n) is 6.21. The fraction of sp³-hybridized carbons (Fsp3) is 0.0667. The molecule has 5 heteroatoms. The van der Waals surface area contributed by atoms with Crippen LogP contribution in [-0.2, 0) is 0 Å². The Morgan fingerprint density at radius 2 is 1.85 bits per heavy atom. The average molecular weight is 283 g/mol. The van der Waals surface area contributed by atoms with Gasteiger partial charge >= 0.3 is 0 Å². The van der Waals surface area contributed by atoms with Gasteiger partial charge in [0.15, 0.2) is 0 Å². The summed E-state index contributed by atoms with van der Waals surface area (Å²) in [4.78, 5) is 14.8. The van der Waals surface area contributed by atoms with E-state index in [0.29, 0.717) is 4.67 Å². The van der Waals surface area contributed by atoms with E-state index < -0.39 is 0 Å². The van der Waals surface area contributed by atoms with Gasteiger partial charge in [0.1, 0.15) is 0 Å². The van der Waals surface area contributed by atoms with Crippen molar-refractivity contribution < 1.29 is 0 Å². The Balaban J connectivity index is 2.00. The number of benzene rings is 2. The lowest BCUT2D eigenvalue weighted by Crippen LogP contribution is -2.25. The van der Waals surface area contributed by atoms with Crippen molar-refractivity contribution in [1.82, 2.24) is 4.98 Å². The molecule has 0 bridgehead atoms. The average Bonchev–Trinajstić information content (AvgIpc) is 2.47. The van der Waals surface area contributed by atoms with E-state index in [9.17, 15) is 4.79 Å². The molecule has 0 fully saturated rings. The molecule has 4 nitrogen and oxygen atoms in total. The minimum atomic E-state index is -0.187. The first kappa shape index (κ1) is 12.6. The molecular formula is C15H13N3OS. The number of hydrogen-bond donors (Lipinski definition) is 2. The molecule has 100 valence electrons. The molecule has 2 N–H and O–H groups in total. The van der Waals surface area contributed by atoms with Crippen LogP contribution in [-0.4, -0.2) is 4.98 Å². The molecule has 0 radical (unpaired) electrons. The molecule has 3 aromatic rings. The predicted octanol–water partition coefficient (Wildman–Crippen LogP) is 2.83. The lowest BCUT2D eigenvalue weighted by molar-refractivity contribution is 1.18. The lowest BCUT2D eigenvalue weighted by Gasteiger charge is -2.00. The first-order valence-corrected chi connectivity index (χ1v) is 7.02. The molecule has 0 aliphatic carbocycles. The van der Waals surface area contributed by atoms with Crippen LogP contribution in [0.25, 0.3) is 10.2 Å². The third kappa shape index (κ3) is 2.62. The number of anilines is 1. The van der Waals surface area contributed by atoms with Crippen LogP contribution in [0.15, 0.2) is 58.4 Å². The minimum Gasteiger partial charge on any atom is -0.319 e. The number of aromatic nitrogens is 1. The summed E-state index contributed by atoms with van der Waals surface area (Å²) in [6.45, 7) is 2.02. The first-order chi connectivity index (χ1) is 9.72. The predicted molar refractivity (Wildman–Crippen MR) is 82.8 cm³/mol. The van der Waals surface area contributed by atoms with Crippen molar-refractivity contribution in [2.24, 2.45) is 5.10 Å². The van der Waals surface area contributed by atoms with Crippen LogP contribution < -0.4 is 15.7 Å². The van der Waals surface area contributed by atoms with Gasteiger partial charge in [0.05, 0.1) is 15.9 Å². The van der Waals surface area contributed by atoms with Gasteiger partial charge in [-0.15, -0.1) is 11.3 Å². The van der Waals surface area contributed by atoms with E-state index in [1.807, 2.05) is 55.5 Å². The van der Waals surface area contributed by atoms with Gasteiger partial charge in [-0.1, -0.05) is 29.8 Å². The molecule has 0 saturated heterocycles. The molecule has 0 atom stereocenters. The van der Waals surface area contributed by atoms with Crippen molar-refractivity contribution in [3.8, 4) is 0 Å². The zero-order valence-electron chi connectivity index (χ0n) is 10.9. The molecule has 20 heavy (non-hydrogen) atoms. The van der Waals surface area contributed by atoms with Crippen LogP contribution in [0.4, 0.5) is 5.69 Å². The highest BCUT2D eigenvalue weighted by molar-refractivity contribution is 7.16. The van der Waals surface area contributed by atoms with E-state index in [4.69, 9.17) is 0 Å². The Bertz CT molecular complexity index is 862. The van der Waals surface area contributed by atoms with Crippen molar-refractivity contribution >= 4 is 27.2 Å². The van der Waals surface area contributed by atoms with Crippen molar-refractivity contribution in [3.63, 3.8) is 0 Å². The number of H-pyrrole nitrogens is 1. The lowest BCUT2D eigenvalue weighted by atomic mass is 10.2. The number of fused-ring (bicyclic) bond motifs is 1. The van der Waals surface area contributed by atoms with Gasteiger partial charge in [0.2, 0.25) is 4.67 Å². The van der Waals surface area contributed by atoms with Gasteiger partial charge in [-0.3, -0.25) is 10.2 Å². The van der Waals surface area contributed by atoms with Gasteiger partial charge < -0.3 is 4.98 Å². The number of rotatable bonds is 2. The number of hydrogen-bond acceptors (Lipinski definition) is 4. The summed E-state index contributed by atoms with van der Waals surface area (Å²) in [6.07, 6.45) is 0. The van der Waals surface area contributed by atoms with E-state index in [1.54, 1.807) is 0 Å². The van der Waals surface area contributed by atoms with Gasteiger partial charge in [-0.25, -0.2) is 0 Å². The Morgan fingerprint density at radius 1 is 1.10 bits per heavy atom. The summed E-state index contributed by atoms with van der Waals surface area (Å²) < 4.78 is 1.40. The normalized spacial score (nSPS) is 11.8. The maximum Gasteiger partial charge on any atom is 0.286 e. The van der Waals surface area contributed by atoms with Crippen molar-refractivity contribution in [1.29, 1.82) is 0 Å². The number of nitrogens with zero attached hydrogens (tertiary/aromatic N) is 1. The van der Waals surface area contributed by atoms with Crippen LogP contribution in [0, 0.1) is 6.92 Å². The molecule has 1 aromatic heterocycles. The number of nitrogens with one attached hydrogen (secondary N) is 2. The zero-order chi connectivity index (χ0) is 13.9. The maximum atomic E-state index is 11.9. The Morgan fingerprint density at radius 3 is 2.65 bits per heavy atom. The molecule has 0 unspecified atom stereocenters. The van der Waals surface area contributed by atoms with Crippen LogP contribution in [0.1, 0.15) is 5.56 Å². The molecule has 2 aromatic carbocycles. The third-order valence-corrected chi connectivity index (χ3v) is 3.92. The van der Waals surface area contributed by atoms with Crippen LogP contribution in [0.5, 0.6) is 0 Å². The second-order valence-corrected chi connectivity index (χ2v) is 5.48. The topological polar surface area (TPSA) is 57.2 Å². The summed E-state index contributed by atoms with van der Waals surface area (Å²) in [5.74, 6) is 0. The van der Waals surface area contributed by atoms with Crippen LogP contribution >= 0.6 is 11.3 Å². The van der Waals surface area contributed by atoms with Crippen molar-refractivity contribution in [3.05, 3.63) is 69.1 Å².